The zero-order valence-electron chi connectivity index (χ0n) is 15.7. The summed E-state index contributed by atoms with van der Waals surface area (Å²) in [6.07, 6.45) is 2.51. The first-order chi connectivity index (χ1) is 12.3. The lowest BCUT2D eigenvalue weighted by atomic mass is 10.1. The highest BCUT2D eigenvalue weighted by Crippen LogP contribution is 2.26. The van der Waals surface area contributed by atoms with Gasteiger partial charge in [-0.1, -0.05) is 17.7 Å². The maximum absolute atomic E-state index is 12.3. The van der Waals surface area contributed by atoms with Crippen molar-refractivity contribution in [2.75, 3.05) is 26.2 Å². The summed E-state index contributed by atoms with van der Waals surface area (Å²) >= 11 is 6.29. The Hall–Kier alpha value is -1.85. The van der Waals surface area contributed by atoms with E-state index in [1.54, 1.807) is 6.20 Å². The van der Waals surface area contributed by atoms with Gasteiger partial charge in [-0.15, -0.1) is 0 Å². The van der Waals surface area contributed by atoms with E-state index in [9.17, 15) is 4.79 Å². The molecule has 1 aliphatic heterocycles. The Balaban J connectivity index is 1.67. The van der Waals surface area contributed by atoms with Crippen LogP contribution in [0.4, 0.5) is 4.79 Å². The predicted octanol–water partition coefficient (Wildman–Crippen LogP) is 4.33. The van der Waals surface area contributed by atoms with Crippen LogP contribution in [0.1, 0.15) is 32.8 Å². The topological polar surface area (TPSA) is 45.7 Å². The van der Waals surface area contributed by atoms with E-state index in [-0.39, 0.29) is 6.09 Å². The van der Waals surface area contributed by atoms with Crippen LogP contribution in [0, 0.1) is 0 Å². The van der Waals surface area contributed by atoms with Crippen LogP contribution in [0.2, 0.25) is 5.02 Å². The van der Waals surface area contributed by atoms with Crippen molar-refractivity contribution >= 4 is 28.6 Å². The standard InChI is InChI=1S/C20H26ClN3O2/c1-20(2,3)26-19(25)24-11-5-10-23(12-13-24)14-15-7-8-17(21)16-6-4-9-22-18(15)16/h4,6-9H,5,10-14H2,1-3H3. The molecule has 0 spiro atoms. The lowest BCUT2D eigenvalue weighted by molar-refractivity contribution is 0.0257. The normalized spacial score (nSPS) is 16.5. The van der Waals surface area contributed by atoms with E-state index in [0.29, 0.717) is 6.54 Å². The molecule has 1 fully saturated rings. The van der Waals surface area contributed by atoms with Gasteiger partial charge in [-0.05, 0) is 51.0 Å². The molecule has 2 heterocycles. The van der Waals surface area contributed by atoms with Crippen molar-refractivity contribution in [2.45, 2.75) is 39.3 Å². The van der Waals surface area contributed by atoms with Gasteiger partial charge in [0, 0.05) is 49.3 Å². The van der Waals surface area contributed by atoms with Crippen molar-refractivity contribution in [3.63, 3.8) is 0 Å². The molecule has 0 unspecified atom stereocenters. The minimum atomic E-state index is -0.461. The number of carbonyl (C=O) groups is 1. The molecule has 140 valence electrons. The number of rotatable bonds is 2. The van der Waals surface area contributed by atoms with Gasteiger partial charge in [0.1, 0.15) is 5.60 Å². The summed E-state index contributed by atoms with van der Waals surface area (Å²) in [5.41, 5.74) is 1.65. The molecule has 0 atom stereocenters. The minimum Gasteiger partial charge on any atom is -0.444 e. The van der Waals surface area contributed by atoms with E-state index < -0.39 is 5.60 Å². The number of nitrogens with zero attached hydrogens (tertiary/aromatic N) is 3. The minimum absolute atomic E-state index is 0.224. The third-order valence-corrected chi connectivity index (χ3v) is 4.76. The molecule has 3 rings (SSSR count). The lowest BCUT2D eigenvalue weighted by Gasteiger charge is -2.26. The van der Waals surface area contributed by atoms with E-state index in [4.69, 9.17) is 16.3 Å². The number of carbonyl (C=O) groups excluding carboxylic acids is 1. The first-order valence-electron chi connectivity index (χ1n) is 9.06. The molecule has 5 nitrogen and oxygen atoms in total. The largest absolute Gasteiger partial charge is 0.444 e. The molecule has 2 aromatic rings. The highest BCUT2D eigenvalue weighted by molar-refractivity contribution is 6.35. The number of benzene rings is 1. The van der Waals surface area contributed by atoms with Crippen LogP contribution in [0.15, 0.2) is 30.5 Å². The highest BCUT2D eigenvalue weighted by atomic mass is 35.5. The second kappa shape index (κ2) is 7.80. The van der Waals surface area contributed by atoms with Gasteiger partial charge in [-0.3, -0.25) is 9.88 Å². The first kappa shape index (κ1) is 18.9. The molecule has 1 aromatic heterocycles. The molecule has 0 N–H and O–H groups in total. The second-order valence-corrected chi connectivity index (χ2v) is 8.11. The summed E-state index contributed by atoms with van der Waals surface area (Å²) in [5.74, 6) is 0. The lowest BCUT2D eigenvalue weighted by Crippen LogP contribution is -2.39. The monoisotopic (exact) mass is 375 g/mol. The van der Waals surface area contributed by atoms with Crippen LogP contribution >= 0.6 is 11.6 Å². The number of amides is 1. The van der Waals surface area contributed by atoms with Crippen molar-refractivity contribution in [3.8, 4) is 0 Å². The third kappa shape index (κ3) is 4.65. The van der Waals surface area contributed by atoms with Crippen LogP contribution in [0.25, 0.3) is 10.9 Å². The number of hydrogen-bond donors (Lipinski definition) is 0. The van der Waals surface area contributed by atoms with Gasteiger partial charge in [-0.25, -0.2) is 4.79 Å². The van der Waals surface area contributed by atoms with Crippen molar-refractivity contribution in [1.29, 1.82) is 0 Å². The van der Waals surface area contributed by atoms with E-state index in [1.165, 1.54) is 0 Å². The third-order valence-electron chi connectivity index (χ3n) is 4.43. The first-order valence-corrected chi connectivity index (χ1v) is 9.44. The van der Waals surface area contributed by atoms with Crippen molar-refractivity contribution < 1.29 is 9.53 Å². The Morgan fingerprint density at radius 1 is 1.19 bits per heavy atom. The van der Waals surface area contributed by atoms with Gasteiger partial charge >= 0.3 is 6.09 Å². The molecule has 1 aliphatic rings. The molecule has 1 amide bonds. The fourth-order valence-corrected chi connectivity index (χ4v) is 3.42. The number of halogens is 1. The van der Waals surface area contributed by atoms with Gasteiger partial charge in [0.15, 0.2) is 0 Å². The second-order valence-electron chi connectivity index (χ2n) is 7.70. The molecule has 1 aromatic carbocycles. The Labute approximate surface area is 159 Å². The molecule has 26 heavy (non-hydrogen) atoms. The molecule has 0 bridgehead atoms. The molecular weight excluding hydrogens is 350 g/mol. The quantitative estimate of drug-likeness (QED) is 0.783. The zero-order chi connectivity index (χ0) is 18.7. The smallest absolute Gasteiger partial charge is 0.410 e. The molecule has 1 saturated heterocycles. The molecule has 6 heteroatoms. The predicted molar refractivity (Wildman–Crippen MR) is 104 cm³/mol. The van der Waals surface area contributed by atoms with E-state index in [1.807, 2.05) is 49.9 Å². The Morgan fingerprint density at radius 2 is 2.00 bits per heavy atom. The van der Waals surface area contributed by atoms with E-state index >= 15 is 0 Å². The Kier molecular flexibility index (Phi) is 5.68. The fraction of sp³-hybridized carbons (Fsp3) is 0.500. The summed E-state index contributed by atoms with van der Waals surface area (Å²) < 4.78 is 5.50. The maximum Gasteiger partial charge on any atom is 0.410 e. The van der Waals surface area contributed by atoms with Crippen LogP contribution < -0.4 is 0 Å². The Bertz CT molecular complexity index is 788. The van der Waals surface area contributed by atoms with Crippen molar-refractivity contribution in [3.05, 3.63) is 41.0 Å². The summed E-state index contributed by atoms with van der Waals surface area (Å²) in [6, 6.07) is 7.89. The number of fused-ring (bicyclic) bond motifs is 1. The highest BCUT2D eigenvalue weighted by Gasteiger charge is 2.24. The SMILES string of the molecule is CC(C)(C)OC(=O)N1CCCN(Cc2ccc(Cl)c3cccnc23)CC1. The van der Waals surface area contributed by atoms with Crippen LogP contribution in [-0.2, 0) is 11.3 Å². The zero-order valence-corrected chi connectivity index (χ0v) is 16.4. The average molecular weight is 376 g/mol. The summed E-state index contributed by atoms with van der Waals surface area (Å²) in [6.45, 7) is 9.65. The Morgan fingerprint density at radius 3 is 2.77 bits per heavy atom. The van der Waals surface area contributed by atoms with Crippen molar-refractivity contribution in [2.24, 2.45) is 0 Å². The number of ether oxygens (including phenoxy) is 1. The van der Waals surface area contributed by atoms with E-state index in [2.05, 4.69) is 9.88 Å². The molecule has 0 saturated carbocycles. The van der Waals surface area contributed by atoms with Gasteiger partial charge in [-0.2, -0.15) is 0 Å². The number of aromatic nitrogens is 1. The summed E-state index contributed by atoms with van der Waals surface area (Å²) in [5, 5.41) is 1.71. The van der Waals surface area contributed by atoms with Gasteiger partial charge in [0.2, 0.25) is 0 Å². The van der Waals surface area contributed by atoms with Gasteiger partial charge in [0.25, 0.3) is 0 Å². The van der Waals surface area contributed by atoms with Gasteiger partial charge in [0.05, 0.1) is 5.52 Å². The molecule has 0 aliphatic carbocycles. The summed E-state index contributed by atoms with van der Waals surface area (Å²) in [4.78, 5) is 21.0. The van der Waals surface area contributed by atoms with Crippen molar-refractivity contribution in [1.82, 2.24) is 14.8 Å². The fourth-order valence-electron chi connectivity index (χ4n) is 3.20. The summed E-state index contributed by atoms with van der Waals surface area (Å²) in [7, 11) is 0. The van der Waals surface area contributed by atoms with Gasteiger partial charge < -0.3 is 9.64 Å². The maximum atomic E-state index is 12.3. The van der Waals surface area contributed by atoms with Crippen LogP contribution in [0.3, 0.4) is 0 Å². The number of pyridine rings is 1. The average Bonchev–Trinajstić information content (AvgIpc) is 2.82. The van der Waals surface area contributed by atoms with Crippen LogP contribution in [-0.4, -0.2) is 52.7 Å². The molecule has 0 radical (unpaired) electrons. The van der Waals surface area contributed by atoms with E-state index in [0.717, 1.165) is 54.1 Å². The van der Waals surface area contributed by atoms with Crippen LogP contribution in [0.5, 0.6) is 0 Å². The molecular formula is C20H26ClN3O2. The number of hydrogen-bond acceptors (Lipinski definition) is 4.